The second-order valence-electron chi connectivity index (χ2n) is 3.79. The van der Waals surface area contributed by atoms with Crippen LogP contribution in [-0.4, -0.2) is 12.0 Å². The lowest BCUT2D eigenvalue weighted by molar-refractivity contribution is 0.452. The Bertz CT molecular complexity index is 595. The summed E-state index contributed by atoms with van der Waals surface area (Å²) >= 11 is 9.30. The van der Waals surface area contributed by atoms with Gasteiger partial charge in [-0.1, -0.05) is 11.6 Å². The van der Waals surface area contributed by atoms with Gasteiger partial charge in [-0.15, -0.1) is 0 Å². The van der Waals surface area contributed by atoms with Crippen molar-refractivity contribution in [1.82, 2.24) is 10.3 Å². The maximum absolute atomic E-state index is 13.2. The van der Waals surface area contributed by atoms with Crippen LogP contribution in [0.5, 0.6) is 11.6 Å². The van der Waals surface area contributed by atoms with Gasteiger partial charge >= 0.3 is 0 Å². The van der Waals surface area contributed by atoms with E-state index in [1.807, 2.05) is 0 Å². The molecule has 0 spiro atoms. The molecule has 0 saturated carbocycles. The number of rotatable bonds is 4. The Balaban J connectivity index is 2.28. The van der Waals surface area contributed by atoms with Gasteiger partial charge in [-0.05, 0) is 41.2 Å². The van der Waals surface area contributed by atoms with Crippen LogP contribution in [0, 0.1) is 5.82 Å². The molecule has 6 heteroatoms. The van der Waals surface area contributed by atoms with Crippen LogP contribution in [0.4, 0.5) is 4.39 Å². The third-order valence-electron chi connectivity index (χ3n) is 2.35. The third-order valence-corrected chi connectivity index (χ3v) is 3.34. The lowest BCUT2D eigenvalue weighted by Gasteiger charge is -2.09. The van der Waals surface area contributed by atoms with Crippen molar-refractivity contribution in [2.75, 3.05) is 7.05 Å². The molecule has 0 aliphatic heterocycles. The number of halogens is 3. The number of nitrogens with zero attached hydrogens (tertiary/aromatic N) is 1. The summed E-state index contributed by atoms with van der Waals surface area (Å²) in [6.45, 7) is 0.528. The molecule has 0 unspecified atom stereocenters. The summed E-state index contributed by atoms with van der Waals surface area (Å²) in [4.78, 5) is 4.27. The van der Waals surface area contributed by atoms with Crippen LogP contribution >= 0.6 is 27.5 Å². The summed E-state index contributed by atoms with van der Waals surface area (Å²) in [5, 5.41) is 3.52. The van der Waals surface area contributed by atoms with E-state index in [-0.39, 0.29) is 5.82 Å². The first-order valence-corrected chi connectivity index (χ1v) is 6.70. The van der Waals surface area contributed by atoms with Gasteiger partial charge in [0, 0.05) is 18.7 Å². The zero-order valence-corrected chi connectivity index (χ0v) is 12.4. The molecule has 0 fully saturated rings. The molecule has 19 heavy (non-hydrogen) atoms. The highest BCUT2D eigenvalue weighted by Crippen LogP contribution is 2.30. The summed E-state index contributed by atoms with van der Waals surface area (Å²) in [6, 6.07) is 7.55. The molecule has 0 radical (unpaired) electrons. The van der Waals surface area contributed by atoms with E-state index >= 15 is 0 Å². The number of ether oxygens (including phenoxy) is 1. The summed E-state index contributed by atoms with van der Waals surface area (Å²) < 4.78 is 19.4. The van der Waals surface area contributed by atoms with Crippen molar-refractivity contribution in [1.29, 1.82) is 0 Å². The van der Waals surface area contributed by atoms with Crippen LogP contribution in [0.2, 0.25) is 5.02 Å². The lowest BCUT2D eigenvalue weighted by atomic mass is 10.3. The minimum absolute atomic E-state index is 0.362. The first-order chi connectivity index (χ1) is 9.10. The van der Waals surface area contributed by atoms with E-state index in [1.54, 1.807) is 25.2 Å². The zero-order chi connectivity index (χ0) is 13.8. The number of pyridine rings is 1. The first kappa shape index (κ1) is 14.2. The van der Waals surface area contributed by atoms with Crippen LogP contribution in [0.1, 0.15) is 5.69 Å². The molecule has 1 heterocycles. The number of benzene rings is 1. The number of nitrogens with one attached hydrogen (secondary N) is 1. The molecule has 0 atom stereocenters. The Labute approximate surface area is 123 Å². The van der Waals surface area contributed by atoms with E-state index in [1.165, 1.54) is 12.1 Å². The Hall–Kier alpha value is -1.17. The van der Waals surface area contributed by atoms with Gasteiger partial charge in [0.05, 0.1) is 15.2 Å². The van der Waals surface area contributed by atoms with Crippen molar-refractivity contribution in [2.45, 2.75) is 6.54 Å². The van der Waals surface area contributed by atoms with Crippen LogP contribution in [0.15, 0.2) is 34.8 Å². The Morgan fingerprint density at radius 2 is 2.16 bits per heavy atom. The smallest absolute Gasteiger partial charge is 0.219 e. The fourth-order valence-corrected chi connectivity index (χ4v) is 1.98. The normalized spacial score (nSPS) is 10.5. The number of hydrogen-bond donors (Lipinski definition) is 1. The summed E-state index contributed by atoms with van der Waals surface area (Å²) in [5.74, 6) is 0.355. The van der Waals surface area contributed by atoms with Crippen LogP contribution in [0.3, 0.4) is 0 Å². The fraction of sp³-hybridized carbons (Fsp3) is 0.154. The van der Waals surface area contributed by atoms with Gasteiger partial charge < -0.3 is 10.1 Å². The van der Waals surface area contributed by atoms with Gasteiger partial charge in [-0.3, -0.25) is 0 Å². The molecular weight excluding hydrogens is 335 g/mol. The van der Waals surface area contributed by atoms with Crippen molar-refractivity contribution in [3.8, 4) is 11.6 Å². The minimum Gasteiger partial charge on any atom is -0.438 e. The average molecular weight is 346 g/mol. The van der Waals surface area contributed by atoms with E-state index in [9.17, 15) is 4.39 Å². The van der Waals surface area contributed by atoms with Gasteiger partial charge in [0.2, 0.25) is 5.88 Å². The van der Waals surface area contributed by atoms with Crippen molar-refractivity contribution >= 4 is 27.5 Å². The van der Waals surface area contributed by atoms with E-state index in [0.29, 0.717) is 33.4 Å². The molecule has 1 aromatic heterocycles. The van der Waals surface area contributed by atoms with Gasteiger partial charge in [0.1, 0.15) is 11.6 Å². The van der Waals surface area contributed by atoms with E-state index < -0.39 is 0 Å². The molecule has 0 amide bonds. The maximum atomic E-state index is 13.2. The van der Waals surface area contributed by atoms with Crippen molar-refractivity contribution in [2.24, 2.45) is 0 Å². The second kappa shape index (κ2) is 6.32. The van der Waals surface area contributed by atoms with Crippen molar-refractivity contribution in [3.05, 3.63) is 51.3 Å². The quantitative estimate of drug-likeness (QED) is 0.904. The molecule has 3 nitrogen and oxygen atoms in total. The molecule has 1 aromatic carbocycles. The average Bonchev–Trinajstić information content (AvgIpc) is 2.38. The van der Waals surface area contributed by atoms with E-state index in [0.717, 1.165) is 0 Å². The van der Waals surface area contributed by atoms with Crippen molar-refractivity contribution < 1.29 is 9.13 Å². The monoisotopic (exact) mass is 344 g/mol. The Kier molecular flexibility index (Phi) is 4.74. The first-order valence-electron chi connectivity index (χ1n) is 5.53. The molecule has 0 aliphatic rings. The molecule has 2 rings (SSSR count). The van der Waals surface area contributed by atoms with Gasteiger partial charge in [-0.25, -0.2) is 9.37 Å². The molecule has 0 aliphatic carbocycles. The topological polar surface area (TPSA) is 34.2 Å². The van der Waals surface area contributed by atoms with Gasteiger partial charge in [-0.2, -0.15) is 0 Å². The number of aromatic nitrogens is 1. The highest BCUT2D eigenvalue weighted by Gasteiger charge is 2.08. The Morgan fingerprint density at radius 3 is 2.89 bits per heavy atom. The summed E-state index contributed by atoms with van der Waals surface area (Å²) in [5.41, 5.74) is 0.675. The molecule has 100 valence electrons. The SMILES string of the molecule is CNCc1nc(Oc2cc(F)ccc2Br)ccc1Cl. The van der Waals surface area contributed by atoms with Crippen molar-refractivity contribution in [3.63, 3.8) is 0 Å². The van der Waals surface area contributed by atoms with Crippen LogP contribution in [-0.2, 0) is 6.54 Å². The maximum Gasteiger partial charge on any atom is 0.219 e. The van der Waals surface area contributed by atoms with Gasteiger partial charge in [0.25, 0.3) is 0 Å². The largest absolute Gasteiger partial charge is 0.438 e. The third kappa shape index (κ3) is 3.65. The summed E-state index contributed by atoms with van der Waals surface area (Å²) in [6.07, 6.45) is 0. The van der Waals surface area contributed by atoms with Gasteiger partial charge in [0.15, 0.2) is 0 Å². The Morgan fingerprint density at radius 1 is 1.37 bits per heavy atom. The predicted molar refractivity (Wildman–Crippen MR) is 76.2 cm³/mol. The summed E-state index contributed by atoms with van der Waals surface area (Å²) in [7, 11) is 1.80. The van der Waals surface area contributed by atoms with E-state index in [2.05, 4.69) is 26.2 Å². The van der Waals surface area contributed by atoms with Crippen LogP contribution in [0.25, 0.3) is 0 Å². The molecular formula is C13H11BrClFN2O. The highest BCUT2D eigenvalue weighted by molar-refractivity contribution is 9.10. The fourth-order valence-electron chi connectivity index (χ4n) is 1.48. The zero-order valence-electron chi connectivity index (χ0n) is 10.1. The predicted octanol–water partition coefficient (Wildman–Crippen LogP) is 4.15. The van der Waals surface area contributed by atoms with E-state index in [4.69, 9.17) is 16.3 Å². The molecule has 0 saturated heterocycles. The standard InChI is InChI=1S/C13H11BrClFN2O/c1-17-7-11-10(15)4-5-13(18-11)19-12-6-8(16)2-3-9(12)14/h2-6,17H,7H2,1H3. The molecule has 2 aromatic rings. The lowest BCUT2D eigenvalue weighted by Crippen LogP contribution is -2.07. The van der Waals surface area contributed by atoms with Crippen LogP contribution < -0.4 is 10.1 Å². The minimum atomic E-state index is -0.373. The molecule has 0 bridgehead atoms. The highest BCUT2D eigenvalue weighted by atomic mass is 79.9. The molecule has 1 N–H and O–H groups in total. The number of hydrogen-bond acceptors (Lipinski definition) is 3. The second-order valence-corrected chi connectivity index (χ2v) is 5.05.